The molecule has 0 radical (unpaired) electrons. The molecule has 3 aromatic rings. The molecule has 3 aromatic carbocycles. The number of benzene rings is 3. The second-order valence-corrected chi connectivity index (χ2v) is 9.50. The predicted molar refractivity (Wildman–Crippen MR) is 140 cm³/mol. The van der Waals surface area contributed by atoms with Crippen LogP contribution < -0.4 is 10.1 Å². The number of nitrogens with zero attached hydrogens (tertiary/aromatic N) is 1. The van der Waals surface area contributed by atoms with Crippen molar-refractivity contribution >= 4 is 27.7 Å². The van der Waals surface area contributed by atoms with E-state index in [2.05, 4.69) is 21.2 Å². The number of nitrogens with one attached hydrogen (secondary N) is 1. The topological polar surface area (TPSA) is 78.9 Å². The van der Waals surface area contributed by atoms with E-state index >= 15 is 0 Å². The third kappa shape index (κ3) is 7.33. The lowest BCUT2D eigenvalue weighted by molar-refractivity contribution is -0.143. The summed E-state index contributed by atoms with van der Waals surface area (Å²) >= 11 is 3.45. The molecule has 6 nitrogen and oxygen atoms in total. The first kappa shape index (κ1) is 26.3. The number of ether oxygens (including phenoxy) is 1. The Kier molecular flexibility index (Phi) is 9.32. The Morgan fingerprint density at radius 3 is 2.11 bits per heavy atom. The summed E-state index contributed by atoms with van der Waals surface area (Å²) in [5.74, 6) is 0.584. The molecule has 0 aromatic heterocycles. The number of hydrogen-bond donors (Lipinski definition) is 2. The van der Waals surface area contributed by atoms with Crippen LogP contribution in [-0.2, 0) is 22.6 Å². The van der Waals surface area contributed by atoms with Crippen LogP contribution in [0.15, 0.2) is 77.3 Å². The van der Waals surface area contributed by atoms with E-state index in [1.807, 2.05) is 62.4 Å². The van der Waals surface area contributed by atoms with E-state index in [-0.39, 0.29) is 30.0 Å². The second kappa shape index (κ2) is 12.4. The Morgan fingerprint density at radius 2 is 1.54 bits per heavy atom. The molecule has 35 heavy (non-hydrogen) atoms. The zero-order valence-electron chi connectivity index (χ0n) is 20.2. The van der Waals surface area contributed by atoms with E-state index in [4.69, 9.17) is 4.74 Å². The summed E-state index contributed by atoms with van der Waals surface area (Å²) < 4.78 is 6.09. The van der Waals surface area contributed by atoms with Gasteiger partial charge >= 0.3 is 0 Å². The Bertz CT molecular complexity index is 1110. The van der Waals surface area contributed by atoms with Gasteiger partial charge in [0.15, 0.2) is 0 Å². The van der Waals surface area contributed by atoms with Gasteiger partial charge in [-0.05, 0) is 73.4 Å². The van der Waals surface area contributed by atoms with E-state index in [1.54, 1.807) is 36.3 Å². The lowest BCUT2D eigenvalue weighted by Gasteiger charge is -2.35. The van der Waals surface area contributed by atoms with Gasteiger partial charge in [-0.2, -0.15) is 0 Å². The van der Waals surface area contributed by atoms with E-state index in [9.17, 15) is 14.7 Å². The molecule has 0 fully saturated rings. The fraction of sp³-hybridized carbons (Fsp3) is 0.286. The maximum atomic E-state index is 13.5. The predicted octanol–water partition coefficient (Wildman–Crippen LogP) is 5.39. The minimum absolute atomic E-state index is 0.111. The average Bonchev–Trinajstić information content (AvgIpc) is 2.86. The number of carbonyl (C=O) groups excluding carboxylic acids is 2. The molecule has 0 aliphatic rings. The largest absolute Gasteiger partial charge is 0.508 e. The van der Waals surface area contributed by atoms with Crippen LogP contribution >= 0.6 is 15.9 Å². The molecular weight excluding hydrogens is 508 g/mol. The Hall–Kier alpha value is -3.32. The van der Waals surface area contributed by atoms with Gasteiger partial charge in [-0.25, -0.2) is 0 Å². The third-order valence-corrected chi connectivity index (χ3v) is 6.27. The average molecular weight is 539 g/mol. The highest BCUT2D eigenvalue weighted by Gasteiger charge is 2.33. The van der Waals surface area contributed by atoms with E-state index in [1.165, 1.54) is 0 Å². The fourth-order valence-corrected chi connectivity index (χ4v) is 4.15. The van der Waals surface area contributed by atoms with Gasteiger partial charge in [-0.3, -0.25) is 9.59 Å². The molecular formula is C28H31BrN2O4. The van der Waals surface area contributed by atoms with Crippen molar-refractivity contribution in [3.8, 4) is 11.5 Å². The smallest absolute Gasteiger partial charge is 0.247 e. The fourth-order valence-electron chi connectivity index (χ4n) is 3.89. The third-order valence-electron chi connectivity index (χ3n) is 5.75. The number of halogens is 1. The molecule has 0 heterocycles. The molecule has 2 N–H and O–H groups in total. The van der Waals surface area contributed by atoms with Crippen LogP contribution in [0.1, 0.15) is 43.0 Å². The minimum Gasteiger partial charge on any atom is -0.508 e. The van der Waals surface area contributed by atoms with Gasteiger partial charge in [-0.1, -0.05) is 52.3 Å². The molecule has 0 spiro atoms. The first-order chi connectivity index (χ1) is 16.8. The van der Waals surface area contributed by atoms with E-state index < -0.39 is 6.04 Å². The molecule has 2 amide bonds. The summed E-state index contributed by atoms with van der Waals surface area (Å²) in [5.41, 5.74) is 2.62. The number of aryl methyl sites for hydroxylation is 1. The van der Waals surface area contributed by atoms with Crippen LogP contribution in [0, 0.1) is 0 Å². The van der Waals surface area contributed by atoms with Crippen LogP contribution in [0.3, 0.4) is 0 Å². The van der Waals surface area contributed by atoms with Crippen molar-refractivity contribution in [2.24, 2.45) is 0 Å². The zero-order chi connectivity index (χ0) is 25.4. The number of methoxy groups -OCH3 is 1. The Balaban J connectivity index is 1.81. The summed E-state index contributed by atoms with van der Waals surface area (Å²) in [6.07, 6.45) is 0.768. The number of carbonyl (C=O) groups is 2. The lowest BCUT2D eigenvalue weighted by Crippen LogP contribution is -2.47. The number of rotatable bonds is 10. The van der Waals surface area contributed by atoms with Crippen LogP contribution in [-0.4, -0.2) is 35.0 Å². The number of phenolic OH excluding ortho intramolecular Hbond substituents is 1. The van der Waals surface area contributed by atoms with Gasteiger partial charge in [0.05, 0.1) is 7.11 Å². The van der Waals surface area contributed by atoms with Crippen LogP contribution in [0.2, 0.25) is 0 Å². The molecule has 184 valence electrons. The van der Waals surface area contributed by atoms with Crippen molar-refractivity contribution in [2.45, 2.75) is 45.3 Å². The molecule has 3 rings (SSSR count). The highest BCUT2D eigenvalue weighted by molar-refractivity contribution is 9.10. The maximum absolute atomic E-state index is 13.5. The number of aromatic hydroxyl groups is 1. The number of phenols is 1. The van der Waals surface area contributed by atoms with Crippen LogP contribution in [0.5, 0.6) is 11.5 Å². The normalized spacial score (nSPS) is 11.7. The van der Waals surface area contributed by atoms with Gasteiger partial charge in [0, 0.05) is 23.5 Å². The maximum Gasteiger partial charge on any atom is 0.247 e. The SMILES string of the molecule is COc1ccc(CNC(=O)C(c2ccc(Br)cc2)N(C(=O)CCc2ccc(O)cc2)C(C)C)cc1. The monoisotopic (exact) mass is 538 g/mol. The van der Waals surface area contributed by atoms with Crippen molar-refractivity contribution in [2.75, 3.05) is 7.11 Å². The quantitative estimate of drug-likeness (QED) is 0.362. The van der Waals surface area contributed by atoms with Crippen molar-refractivity contribution in [3.63, 3.8) is 0 Å². The summed E-state index contributed by atoms with van der Waals surface area (Å²) in [7, 11) is 1.61. The Morgan fingerprint density at radius 1 is 0.943 bits per heavy atom. The second-order valence-electron chi connectivity index (χ2n) is 8.58. The number of hydrogen-bond acceptors (Lipinski definition) is 4. The highest BCUT2D eigenvalue weighted by Crippen LogP contribution is 2.27. The molecule has 0 bridgehead atoms. The van der Waals surface area contributed by atoms with Crippen LogP contribution in [0.25, 0.3) is 0 Å². The standard InChI is InChI=1S/C28H31BrN2O4/c1-19(2)31(26(33)17-8-20-4-13-24(32)14-5-20)27(22-9-11-23(29)12-10-22)28(34)30-18-21-6-15-25(35-3)16-7-21/h4-7,9-16,19,27,32H,8,17-18H2,1-3H3,(H,30,34). The molecule has 0 aliphatic carbocycles. The summed E-state index contributed by atoms with van der Waals surface area (Å²) in [5, 5.41) is 12.5. The first-order valence-electron chi connectivity index (χ1n) is 11.5. The summed E-state index contributed by atoms with van der Waals surface area (Å²) in [4.78, 5) is 28.6. The minimum atomic E-state index is -0.770. The lowest BCUT2D eigenvalue weighted by atomic mass is 10.0. The van der Waals surface area contributed by atoms with Gasteiger partial charge in [0.1, 0.15) is 17.5 Å². The van der Waals surface area contributed by atoms with E-state index in [0.717, 1.165) is 26.9 Å². The summed E-state index contributed by atoms with van der Waals surface area (Å²) in [6.45, 7) is 4.17. The molecule has 0 saturated carbocycles. The zero-order valence-corrected chi connectivity index (χ0v) is 21.8. The van der Waals surface area contributed by atoms with Gasteiger partial charge in [-0.15, -0.1) is 0 Å². The van der Waals surface area contributed by atoms with E-state index in [0.29, 0.717) is 13.0 Å². The molecule has 0 saturated heterocycles. The van der Waals surface area contributed by atoms with Gasteiger partial charge in [0.25, 0.3) is 0 Å². The molecule has 7 heteroatoms. The van der Waals surface area contributed by atoms with Crippen molar-refractivity contribution < 1.29 is 19.4 Å². The molecule has 0 aliphatic heterocycles. The van der Waals surface area contributed by atoms with Crippen molar-refractivity contribution in [3.05, 3.63) is 94.0 Å². The highest BCUT2D eigenvalue weighted by atomic mass is 79.9. The van der Waals surface area contributed by atoms with Crippen molar-refractivity contribution in [1.82, 2.24) is 10.2 Å². The van der Waals surface area contributed by atoms with Gasteiger partial charge < -0.3 is 20.1 Å². The van der Waals surface area contributed by atoms with Gasteiger partial charge in [0.2, 0.25) is 11.8 Å². The van der Waals surface area contributed by atoms with Crippen molar-refractivity contribution in [1.29, 1.82) is 0 Å². The Labute approximate surface area is 215 Å². The first-order valence-corrected chi connectivity index (χ1v) is 12.3. The molecule has 1 atom stereocenters. The molecule has 1 unspecified atom stereocenters. The summed E-state index contributed by atoms with van der Waals surface area (Å²) in [6, 6.07) is 20.8. The number of amides is 2. The van der Waals surface area contributed by atoms with Crippen LogP contribution in [0.4, 0.5) is 0 Å².